The van der Waals surface area contributed by atoms with E-state index in [2.05, 4.69) is 27.7 Å². The molecule has 0 bridgehead atoms. The lowest BCUT2D eigenvalue weighted by Crippen LogP contribution is -2.36. The lowest BCUT2D eigenvalue weighted by atomic mass is 10.0. The SMILES string of the molecule is CC(C)NC(=O)c1cccc(NC(=O)CN2CCCc3ccccc32)c1. The minimum Gasteiger partial charge on any atom is -0.362 e. The van der Waals surface area contributed by atoms with Gasteiger partial charge in [0.25, 0.3) is 5.91 Å². The third kappa shape index (κ3) is 4.42. The number of hydrogen-bond acceptors (Lipinski definition) is 3. The summed E-state index contributed by atoms with van der Waals surface area (Å²) >= 11 is 0. The quantitative estimate of drug-likeness (QED) is 0.869. The summed E-state index contributed by atoms with van der Waals surface area (Å²) in [7, 11) is 0. The molecule has 26 heavy (non-hydrogen) atoms. The van der Waals surface area contributed by atoms with Crippen molar-refractivity contribution < 1.29 is 9.59 Å². The summed E-state index contributed by atoms with van der Waals surface area (Å²) in [5.41, 5.74) is 3.61. The molecule has 136 valence electrons. The van der Waals surface area contributed by atoms with Crippen molar-refractivity contribution in [2.75, 3.05) is 23.3 Å². The Labute approximate surface area is 154 Å². The first-order valence-corrected chi connectivity index (χ1v) is 9.06. The molecule has 0 saturated heterocycles. The Morgan fingerprint density at radius 1 is 1.12 bits per heavy atom. The van der Waals surface area contributed by atoms with Crippen molar-refractivity contribution in [2.45, 2.75) is 32.7 Å². The Hall–Kier alpha value is -2.82. The van der Waals surface area contributed by atoms with E-state index in [9.17, 15) is 9.59 Å². The van der Waals surface area contributed by atoms with Gasteiger partial charge >= 0.3 is 0 Å². The Kier molecular flexibility index (Phi) is 5.56. The Bertz CT molecular complexity index is 801. The van der Waals surface area contributed by atoms with E-state index in [1.54, 1.807) is 24.3 Å². The molecule has 5 nitrogen and oxygen atoms in total. The molecule has 0 spiro atoms. The van der Waals surface area contributed by atoms with E-state index in [0.29, 0.717) is 17.8 Å². The van der Waals surface area contributed by atoms with Crippen molar-refractivity contribution in [3.63, 3.8) is 0 Å². The number of aryl methyl sites for hydroxylation is 1. The first-order valence-electron chi connectivity index (χ1n) is 9.06. The molecule has 0 radical (unpaired) electrons. The number of benzene rings is 2. The number of amides is 2. The first kappa shape index (κ1) is 18.0. The highest BCUT2D eigenvalue weighted by atomic mass is 16.2. The van der Waals surface area contributed by atoms with E-state index >= 15 is 0 Å². The van der Waals surface area contributed by atoms with Gasteiger partial charge in [-0.25, -0.2) is 0 Å². The summed E-state index contributed by atoms with van der Waals surface area (Å²) in [6.45, 7) is 5.01. The highest BCUT2D eigenvalue weighted by Gasteiger charge is 2.18. The summed E-state index contributed by atoms with van der Waals surface area (Å²) in [5.74, 6) is -0.218. The first-order chi connectivity index (χ1) is 12.5. The van der Waals surface area contributed by atoms with E-state index in [0.717, 1.165) is 25.1 Å². The Morgan fingerprint density at radius 2 is 1.92 bits per heavy atom. The number of hydrogen-bond donors (Lipinski definition) is 2. The maximum atomic E-state index is 12.5. The highest BCUT2D eigenvalue weighted by Crippen LogP contribution is 2.26. The van der Waals surface area contributed by atoms with E-state index in [1.165, 1.54) is 5.56 Å². The molecule has 0 saturated carbocycles. The summed E-state index contributed by atoms with van der Waals surface area (Å²) in [6.07, 6.45) is 2.11. The largest absolute Gasteiger partial charge is 0.362 e. The van der Waals surface area contributed by atoms with Crippen LogP contribution in [0.3, 0.4) is 0 Å². The van der Waals surface area contributed by atoms with Gasteiger partial charge in [-0.2, -0.15) is 0 Å². The number of rotatable bonds is 5. The molecule has 0 atom stereocenters. The number of carbonyl (C=O) groups is 2. The second-order valence-corrected chi connectivity index (χ2v) is 6.91. The van der Waals surface area contributed by atoms with Gasteiger partial charge in [0.05, 0.1) is 6.54 Å². The topological polar surface area (TPSA) is 61.4 Å². The number of anilines is 2. The van der Waals surface area contributed by atoms with Crippen LogP contribution in [0.1, 0.15) is 36.2 Å². The molecule has 0 unspecified atom stereocenters. The second-order valence-electron chi connectivity index (χ2n) is 6.91. The maximum Gasteiger partial charge on any atom is 0.251 e. The number of fused-ring (bicyclic) bond motifs is 1. The van der Waals surface area contributed by atoms with Crippen LogP contribution in [0.15, 0.2) is 48.5 Å². The molecular weight excluding hydrogens is 326 g/mol. The van der Waals surface area contributed by atoms with Crippen LogP contribution >= 0.6 is 0 Å². The van der Waals surface area contributed by atoms with Gasteiger partial charge in [0.2, 0.25) is 5.91 Å². The van der Waals surface area contributed by atoms with Crippen LogP contribution in [0, 0.1) is 0 Å². The molecule has 1 heterocycles. The third-order valence-corrected chi connectivity index (χ3v) is 4.37. The zero-order chi connectivity index (χ0) is 18.5. The normalized spacial score (nSPS) is 13.3. The van der Waals surface area contributed by atoms with Crippen molar-refractivity contribution in [1.82, 2.24) is 5.32 Å². The van der Waals surface area contributed by atoms with Crippen LogP contribution in [0.5, 0.6) is 0 Å². The van der Waals surface area contributed by atoms with E-state index in [1.807, 2.05) is 26.0 Å². The standard InChI is InChI=1S/C21H25N3O2/c1-15(2)22-21(26)17-8-5-10-18(13-17)23-20(25)14-24-12-6-9-16-7-3-4-11-19(16)24/h3-5,7-8,10-11,13,15H,6,9,12,14H2,1-2H3,(H,22,26)(H,23,25). The summed E-state index contributed by atoms with van der Waals surface area (Å²) in [4.78, 5) is 26.7. The zero-order valence-corrected chi connectivity index (χ0v) is 15.3. The molecule has 2 aromatic rings. The molecule has 5 heteroatoms. The highest BCUT2D eigenvalue weighted by molar-refractivity contribution is 5.98. The van der Waals surface area contributed by atoms with Crippen LogP contribution in [0.25, 0.3) is 0 Å². The molecule has 0 fully saturated rings. The number of nitrogens with zero attached hydrogens (tertiary/aromatic N) is 1. The van der Waals surface area contributed by atoms with Gasteiger partial charge in [-0.15, -0.1) is 0 Å². The van der Waals surface area contributed by atoms with Crippen LogP contribution in [0.4, 0.5) is 11.4 Å². The van der Waals surface area contributed by atoms with Gasteiger partial charge in [-0.05, 0) is 56.5 Å². The average molecular weight is 351 g/mol. The summed E-state index contributed by atoms with van der Waals surface area (Å²) in [5, 5.41) is 5.76. The Balaban J connectivity index is 1.65. The minimum atomic E-state index is -0.138. The van der Waals surface area contributed by atoms with Crippen LogP contribution < -0.4 is 15.5 Å². The third-order valence-electron chi connectivity index (χ3n) is 4.37. The van der Waals surface area contributed by atoms with Gasteiger partial charge < -0.3 is 15.5 Å². The maximum absolute atomic E-state index is 12.5. The van der Waals surface area contributed by atoms with Gasteiger partial charge in [-0.3, -0.25) is 9.59 Å². The molecule has 3 rings (SSSR count). The van der Waals surface area contributed by atoms with E-state index in [-0.39, 0.29) is 17.9 Å². The fourth-order valence-electron chi connectivity index (χ4n) is 3.23. The van der Waals surface area contributed by atoms with Crippen molar-refractivity contribution >= 4 is 23.2 Å². The predicted octanol–water partition coefficient (Wildman–Crippen LogP) is 3.22. The van der Waals surface area contributed by atoms with Gasteiger partial charge in [0, 0.05) is 29.5 Å². The molecule has 0 aliphatic carbocycles. The smallest absolute Gasteiger partial charge is 0.251 e. The molecular formula is C21H25N3O2. The van der Waals surface area contributed by atoms with Crippen LogP contribution in [-0.4, -0.2) is 30.9 Å². The molecule has 0 aromatic heterocycles. The minimum absolute atomic E-state index is 0.0694. The monoisotopic (exact) mass is 351 g/mol. The Morgan fingerprint density at radius 3 is 2.73 bits per heavy atom. The average Bonchev–Trinajstić information content (AvgIpc) is 2.61. The van der Waals surface area contributed by atoms with Crippen molar-refractivity contribution in [1.29, 1.82) is 0 Å². The fourth-order valence-corrected chi connectivity index (χ4v) is 3.23. The fraction of sp³-hybridized carbons (Fsp3) is 0.333. The molecule has 2 aromatic carbocycles. The van der Waals surface area contributed by atoms with Crippen molar-refractivity contribution in [3.05, 3.63) is 59.7 Å². The molecule has 1 aliphatic rings. The van der Waals surface area contributed by atoms with Gasteiger partial charge in [0.15, 0.2) is 0 Å². The number of carbonyl (C=O) groups excluding carboxylic acids is 2. The lowest BCUT2D eigenvalue weighted by Gasteiger charge is -2.30. The molecule has 2 amide bonds. The van der Waals surface area contributed by atoms with E-state index < -0.39 is 0 Å². The van der Waals surface area contributed by atoms with Crippen molar-refractivity contribution in [3.8, 4) is 0 Å². The van der Waals surface area contributed by atoms with Gasteiger partial charge in [0.1, 0.15) is 0 Å². The summed E-state index contributed by atoms with van der Waals surface area (Å²) < 4.78 is 0. The van der Waals surface area contributed by atoms with Crippen LogP contribution in [-0.2, 0) is 11.2 Å². The van der Waals surface area contributed by atoms with Gasteiger partial charge in [-0.1, -0.05) is 24.3 Å². The summed E-state index contributed by atoms with van der Waals surface area (Å²) in [6, 6.07) is 15.3. The molecule has 1 aliphatic heterocycles. The zero-order valence-electron chi connectivity index (χ0n) is 15.3. The predicted molar refractivity (Wildman–Crippen MR) is 105 cm³/mol. The number of para-hydroxylation sites is 1. The lowest BCUT2D eigenvalue weighted by molar-refractivity contribution is -0.115. The van der Waals surface area contributed by atoms with Crippen molar-refractivity contribution in [2.24, 2.45) is 0 Å². The van der Waals surface area contributed by atoms with Crippen LogP contribution in [0.2, 0.25) is 0 Å². The van der Waals surface area contributed by atoms with E-state index in [4.69, 9.17) is 0 Å². The molecule has 2 N–H and O–H groups in total. The second kappa shape index (κ2) is 8.04. The number of nitrogens with one attached hydrogen (secondary N) is 2.